The van der Waals surface area contributed by atoms with Crippen LogP contribution in [0.5, 0.6) is 0 Å². The van der Waals surface area contributed by atoms with Crippen molar-refractivity contribution in [1.82, 2.24) is 0 Å². The lowest BCUT2D eigenvalue weighted by atomic mass is 9.75. The first kappa shape index (κ1) is 18.1. The number of rotatable bonds is 4. The third kappa shape index (κ3) is 2.11. The molecule has 2 unspecified atom stereocenters. The monoisotopic (exact) mass is 426 g/mol. The molecule has 1 nitrogen and oxygen atoms in total. The standard InChI is InChI=1S/C30H22OSi/c1-4-12-22(13-5-1)32(23-14-6-2-7-15-23,24-16-8-3-9-17-24)30-28(31-30)21-20-27-25-18-10-11-19-26(25)29(27)30/h1-21,28H. The Morgan fingerprint density at radius 2 is 1.03 bits per heavy atom. The van der Waals surface area contributed by atoms with Gasteiger partial charge in [0.2, 0.25) is 0 Å². The molecule has 2 atom stereocenters. The average molecular weight is 427 g/mol. The largest absolute Gasteiger partial charge is 0.359 e. The Morgan fingerprint density at radius 1 is 0.562 bits per heavy atom. The van der Waals surface area contributed by atoms with Crippen molar-refractivity contribution < 1.29 is 4.74 Å². The smallest absolute Gasteiger partial charge is 0.192 e. The Balaban J connectivity index is 1.61. The van der Waals surface area contributed by atoms with Crippen LogP contribution in [0, 0.1) is 0 Å². The van der Waals surface area contributed by atoms with Gasteiger partial charge in [-0.1, -0.05) is 127 Å². The maximum atomic E-state index is 6.90. The summed E-state index contributed by atoms with van der Waals surface area (Å²) in [7, 11) is -2.63. The van der Waals surface area contributed by atoms with Crippen LogP contribution in [0.15, 0.2) is 127 Å². The first-order chi connectivity index (χ1) is 15.9. The van der Waals surface area contributed by atoms with Crippen LogP contribution >= 0.6 is 0 Å². The highest BCUT2D eigenvalue weighted by atomic mass is 28.3. The van der Waals surface area contributed by atoms with Gasteiger partial charge < -0.3 is 4.74 Å². The second-order valence-electron chi connectivity index (χ2n) is 8.82. The van der Waals surface area contributed by atoms with Gasteiger partial charge in [-0.2, -0.15) is 0 Å². The van der Waals surface area contributed by atoms with E-state index in [0.717, 1.165) is 0 Å². The van der Waals surface area contributed by atoms with Crippen LogP contribution in [0.25, 0.3) is 11.1 Å². The van der Waals surface area contributed by atoms with E-state index in [2.05, 4.69) is 127 Å². The molecular formula is C30H22OSi. The molecule has 1 fully saturated rings. The van der Waals surface area contributed by atoms with E-state index < -0.39 is 8.07 Å². The number of hydrogen-bond donors (Lipinski definition) is 0. The molecule has 0 bridgehead atoms. The molecule has 0 N–H and O–H groups in total. The van der Waals surface area contributed by atoms with E-state index in [4.69, 9.17) is 4.74 Å². The fourth-order valence-electron chi connectivity index (χ4n) is 6.15. The third-order valence-corrected chi connectivity index (χ3v) is 12.8. The molecule has 32 heavy (non-hydrogen) atoms. The number of ether oxygens (including phenoxy) is 1. The minimum Gasteiger partial charge on any atom is -0.359 e. The topological polar surface area (TPSA) is 12.5 Å². The summed E-state index contributed by atoms with van der Waals surface area (Å²) >= 11 is 0. The fraction of sp³-hybridized carbons (Fsp3) is 0.0667. The molecular weight excluding hydrogens is 404 g/mol. The predicted molar refractivity (Wildman–Crippen MR) is 134 cm³/mol. The Bertz CT molecular complexity index is 1290. The van der Waals surface area contributed by atoms with Crippen LogP contribution in [0.2, 0.25) is 0 Å². The molecule has 0 aromatic heterocycles. The first-order valence-corrected chi connectivity index (χ1v) is 13.2. The molecule has 4 aromatic rings. The van der Waals surface area contributed by atoms with Gasteiger partial charge in [0, 0.05) is 5.57 Å². The molecule has 0 radical (unpaired) electrons. The van der Waals surface area contributed by atoms with Crippen LogP contribution in [-0.4, -0.2) is 19.4 Å². The quantitative estimate of drug-likeness (QED) is 0.269. The number of allylic oxidation sites excluding steroid dienone is 2. The second kappa shape index (κ2) is 6.52. The lowest BCUT2D eigenvalue weighted by Gasteiger charge is -2.44. The summed E-state index contributed by atoms with van der Waals surface area (Å²) in [5, 5.41) is 3.85. The van der Waals surface area contributed by atoms with Crippen LogP contribution in [-0.2, 0) is 4.74 Å². The summed E-state index contributed by atoms with van der Waals surface area (Å²) in [5.74, 6) is 0. The van der Waals surface area contributed by atoms with Gasteiger partial charge in [0.05, 0.1) is 0 Å². The maximum absolute atomic E-state index is 6.90. The van der Waals surface area contributed by atoms with Crippen LogP contribution < -0.4 is 15.6 Å². The summed E-state index contributed by atoms with van der Waals surface area (Å²) in [6, 6.07) is 42.2. The minimum atomic E-state index is -2.63. The van der Waals surface area contributed by atoms with E-state index in [-0.39, 0.29) is 11.3 Å². The fourth-order valence-corrected chi connectivity index (χ4v) is 12.0. The summed E-state index contributed by atoms with van der Waals surface area (Å²) in [6.07, 6.45) is 4.68. The van der Waals surface area contributed by atoms with E-state index in [1.165, 1.54) is 37.8 Å². The number of epoxide rings is 1. The molecule has 7 rings (SSSR count). The highest BCUT2D eigenvalue weighted by molar-refractivity contribution is 7.15. The van der Waals surface area contributed by atoms with E-state index in [1.54, 1.807) is 0 Å². The van der Waals surface area contributed by atoms with Crippen molar-refractivity contribution in [3.05, 3.63) is 139 Å². The molecule has 1 aliphatic heterocycles. The summed E-state index contributed by atoms with van der Waals surface area (Å²) < 4.78 is 6.90. The molecule has 0 saturated carbocycles. The molecule has 0 spiro atoms. The molecule has 3 aliphatic rings. The van der Waals surface area contributed by atoms with Gasteiger partial charge in [0.15, 0.2) is 8.07 Å². The Kier molecular flexibility index (Phi) is 3.70. The van der Waals surface area contributed by atoms with Crippen molar-refractivity contribution in [3.63, 3.8) is 0 Å². The molecule has 2 heteroatoms. The number of benzene rings is 4. The lowest BCUT2D eigenvalue weighted by molar-refractivity contribution is 0.395. The average Bonchev–Trinajstić information content (AvgIpc) is 3.59. The molecule has 2 aliphatic carbocycles. The first-order valence-electron chi connectivity index (χ1n) is 11.2. The van der Waals surface area contributed by atoms with Gasteiger partial charge >= 0.3 is 0 Å². The zero-order valence-corrected chi connectivity index (χ0v) is 18.6. The third-order valence-electron chi connectivity index (χ3n) is 7.40. The van der Waals surface area contributed by atoms with E-state index in [1.807, 2.05) is 0 Å². The highest BCUT2D eigenvalue weighted by Crippen LogP contribution is 2.62. The van der Waals surface area contributed by atoms with Crippen LogP contribution in [0.3, 0.4) is 0 Å². The number of hydrogen-bond acceptors (Lipinski definition) is 1. The highest BCUT2D eigenvalue weighted by Gasteiger charge is 2.75. The van der Waals surface area contributed by atoms with Crippen molar-refractivity contribution >= 4 is 34.8 Å². The lowest BCUT2D eigenvalue weighted by Crippen LogP contribution is -2.77. The normalized spacial score (nSPS) is 22.4. The minimum absolute atomic E-state index is 0.0990. The Morgan fingerprint density at radius 3 is 1.56 bits per heavy atom. The second-order valence-corrected chi connectivity index (χ2v) is 12.8. The zero-order chi connectivity index (χ0) is 21.2. The van der Waals surface area contributed by atoms with Gasteiger partial charge in [-0.25, -0.2) is 0 Å². The van der Waals surface area contributed by atoms with Gasteiger partial charge in [0.25, 0.3) is 0 Å². The van der Waals surface area contributed by atoms with E-state index >= 15 is 0 Å². The van der Waals surface area contributed by atoms with Crippen LogP contribution in [0.1, 0.15) is 11.1 Å². The zero-order valence-electron chi connectivity index (χ0n) is 17.6. The van der Waals surface area contributed by atoms with Crippen LogP contribution in [0.4, 0.5) is 0 Å². The van der Waals surface area contributed by atoms with E-state index in [0.29, 0.717) is 0 Å². The summed E-state index contributed by atoms with van der Waals surface area (Å²) in [4.78, 5) is 0. The molecule has 1 saturated heterocycles. The van der Waals surface area contributed by atoms with Gasteiger partial charge in [-0.05, 0) is 32.3 Å². The SMILES string of the molecule is C1=CC2OC2([Si](c2ccccc2)(c2ccccc2)c2ccccc2)C2=C1c1ccccc12. The molecule has 1 heterocycles. The number of fused-ring (bicyclic) bond motifs is 5. The van der Waals surface area contributed by atoms with Crippen molar-refractivity contribution in [2.75, 3.05) is 0 Å². The summed E-state index contributed by atoms with van der Waals surface area (Å²) in [6.45, 7) is 0. The van der Waals surface area contributed by atoms with Gasteiger partial charge in [-0.15, -0.1) is 0 Å². The maximum Gasteiger partial charge on any atom is 0.192 e. The summed E-state index contributed by atoms with van der Waals surface area (Å²) in [5.41, 5.74) is 5.47. The van der Waals surface area contributed by atoms with Crippen molar-refractivity contribution in [2.45, 2.75) is 11.3 Å². The van der Waals surface area contributed by atoms with Crippen molar-refractivity contribution in [3.8, 4) is 0 Å². The molecule has 0 amide bonds. The Hall–Kier alpha value is -3.46. The predicted octanol–water partition coefficient (Wildman–Crippen LogP) is 4.33. The van der Waals surface area contributed by atoms with E-state index in [9.17, 15) is 0 Å². The molecule has 4 aromatic carbocycles. The Labute approximate surface area is 189 Å². The van der Waals surface area contributed by atoms with Gasteiger partial charge in [-0.3, -0.25) is 0 Å². The van der Waals surface area contributed by atoms with Crippen molar-refractivity contribution in [2.24, 2.45) is 0 Å². The van der Waals surface area contributed by atoms with Gasteiger partial charge in [0.1, 0.15) is 11.3 Å². The molecule has 152 valence electrons. The van der Waals surface area contributed by atoms with Crippen molar-refractivity contribution in [1.29, 1.82) is 0 Å².